The van der Waals surface area contributed by atoms with Crippen molar-refractivity contribution in [2.24, 2.45) is 0 Å². The fraction of sp³-hybridized carbons (Fsp3) is 0.278. The fourth-order valence-electron chi connectivity index (χ4n) is 3.32. The third kappa shape index (κ3) is 2.63. The minimum atomic E-state index is -0.140. The number of aromatic nitrogens is 2. The molecule has 3 aromatic rings. The number of amides is 1. The molecule has 1 aromatic carbocycles. The predicted molar refractivity (Wildman–Crippen MR) is 94.0 cm³/mol. The first-order valence-corrected chi connectivity index (χ1v) is 8.89. The van der Waals surface area contributed by atoms with Crippen LogP contribution >= 0.6 is 11.3 Å². The molecule has 4 rings (SSSR count). The minimum Gasteiger partial charge on any atom is -0.334 e. The number of fused-ring (bicyclic) bond motifs is 1. The van der Waals surface area contributed by atoms with Crippen molar-refractivity contribution in [3.05, 3.63) is 64.0 Å². The first-order valence-electron chi connectivity index (χ1n) is 8.01. The van der Waals surface area contributed by atoms with Crippen LogP contribution in [0.5, 0.6) is 0 Å². The number of thiophene rings is 1. The van der Waals surface area contributed by atoms with Gasteiger partial charge in [-0.1, -0.05) is 30.3 Å². The van der Waals surface area contributed by atoms with Crippen LogP contribution in [0.2, 0.25) is 0 Å². The molecule has 1 unspecified atom stereocenters. The molecule has 1 atom stereocenters. The zero-order chi connectivity index (χ0) is 16.5. The van der Waals surface area contributed by atoms with E-state index in [-0.39, 0.29) is 24.1 Å². The van der Waals surface area contributed by atoms with E-state index >= 15 is 0 Å². The average Bonchev–Trinajstić information content (AvgIpc) is 3.27. The summed E-state index contributed by atoms with van der Waals surface area (Å²) < 4.78 is 2.02. The smallest absolute Gasteiger partial charge is 0.271 e. The van der Waals surface area contributed by atoms with Gasteiger partial charge in [0.2, 0.25) is 5.91 Å². The van der Waals surface area contributed by atoms with E-state index in [9.17, 15) is 9.59 Å². The highest BCUT2D eigenvalue weighted by Gasteiger charge is 2.29. The Labute approximate surface area is 143 Å². The van der Waals surface area contributed by atoms with Crippen molar-refractivity contribution >= 4 is 27.5 Å². The maximum Gasteiger partial charge on any atom is 0.271 e. The molecule has 1 saturated heterocycles. The number of rotatable bonds is 3. The number of carbonyl (C=O) groups is 1. The maximum absolute atomic E-state index is 12.8. The molecule has 1 fully saturated rings. The number of hydrogen-bond donors (Lipinski definition) is 0. The molecule has 6 heteroatoms. The molecule has 0 spiro atoms. The summed E-state index contributed by atoms with van der Waals surface area (Å²) >= 11 is 1.36. The van der Waals surface area contributed by atoms with Crippen molar-refractivity contribution in [1.29, 1.82) is 0 Å². The Morgan fingerprint density at radius 1 is 1.25 bits per heavy atom. The monoisotopic (exact) mass is 339 g/mol. The largest absolute Gasteiger partial charge is 0.334 e. The second-order valence-electron chi connectivity index (χ2n) is 5.97. The van der Waals surface area contributed by atoms with Crippen LogP contribution in [0.3, 0.4) is 0 Å². The molecule has 1 aliphatic rings. The van der Waals surface area contributed by atoms with Gasteiger partial charge in [-0.25, -0.2) is 4.98 Å². The normalized spacial score (nSPS) is 17.5. The molecule has 24 heavy (non-hydrogen) atoms. The van der Waals surface area contributed by atoms with Gasteiger partial charge < -0.3 is 4.90 Å². The summed E-state index contributed by atoms with van der Waals surface area (Å²) in [4.78, 5) is 31.4. The molecular formula is C18H17N3O2S. The van der Waals surface area contributed by atoms with E-state index in [1.54, 1.807) is 0 Å². The highest BCUT2D eigenvalue weighted by Crippen LogP contribution is 2.31. The lowest BCUT2D eigenvalue weighted by Gasteiger charge is -2.25. The molecule has 0 bridgehead atoms. The van der Waals surface area contributed by atoms with Crippen molar-refractivity contribution in [2.45, 2.75) is 25.4 Å². The quantitative estimate of drug-likeness (QED) is 0.737. The van der Waals surface area contributed by atoms with E-state index in [4.69, 9.17) is 0 Å². The summed E-state index contributed by atoms with van der Waals surface area (Å²) in [5.74, 6) is -0.0267. The van der Waals surface area contributed by atoms with Gasteiger partial charge in [0, 0.05) is 6.54 Å². The van der Waals surface area contributed by atoms with Gasteiger partial charge in [-0.15, -0.1) is 11.3 Å². The van der Waals surface area contributed by atoms with Crippen LogP contribution in [0.25, 0.3) is 10.2 Å². The molecule has 1 amide bonds. The number of benzene rings is 1. The summed E-state index contributed by atoms with van der Waals surface area (Å²) in [6, 6.07) is 12.0. The lowest BCUT2D eigenvalue weighted by atomic mass is 10.0. The minimum absolute atomic E-state index is 0.0267. The van der Waals surface area contributed by atoms with Gasteiger partial charge in [-0.05, 0) is 29.9 Å². The topological polar surface area (TPSA) is 55.2 Å². The fourth-order valence-corrected chi connectivity index (χ4v) is 4.11. The highest BCUT2D eigenvalue weighted by molar-refractivity contribution is 7.17. The Bertz CT molecular complexity index is 932. The summed E-state index contributed by atoms with van der Waals surface area (Å²) in [5, 5.41) is 1.84. The van der Waals surface area contributed by atoms with Crippen LogP contribution in [0.4, 0.5) is 0 Å². The molecule has 5 nitrogen and oxygen atoms in total. The molecule has 122 valence electrons. The van der Waals surface area contributed by atoms with Gasteiger partial charge in [-0.2, -0.15) is 0 Å². The Morgan fingerprint density at radius 2 is 2.08 bits per heavy atom. The molecule has 0 N–H and O–H groups in total. The standard InChI is InChI=1S/C18H17N3O2S/c22-16(11-20-12-19-14-8-10-24-17(14)18(20)23)21-9-4-7-15(21)13-5-2-1-3-6-13/h1-3,5-6,8,10,12,15H,4,7,9,11H2. The lowest BCUT2D eigenvalue weighted by Crippen LogP contribution is -2.36. The van der Waals surface area contributed by atoms with Gasteiger partial charge in [0.05, 0.1) is 17.9 Å². The van der Waals surface area contributed by atoms with Crippen molar-refractivity contribution in [3.8, 4) is 0 Å². The Morgan fingerprint density at radius 3 is 2.92 bits per heavy atom. The maximum atomic E-state index is 12.8. The first-order chi connectivity index (χ1) is 11.7. The van der Waals surface area contributed by atoms with Gasteiger partial charge >= 0.3 is 0 Å². The Hall–Kier alpha value is -2.47. The molecule has 0 radical (unpaired) electrons. The van der Waals surface area contributed by atoms with Crippen LogP contribution in [-0.2, 0) is 11.3 Å². The molecule has 0 saturated carbocycles. The predicted octanol–water partition coefficient (Wildman–Crippen LogP) is 2.82. The summed E-state index contributed by atoms with van der Waals surface area (Å²) in [6.07, 6.45) is 3.43. The Balaban J connectivity index is 1.59. The second-order valence-corrected chi connectivity index (χ2v) is 6.88. The average molecular weight is 339 g/mol. The summed E-state index contributed by atoms with van der Waals surface area (Å²) in [5.41, 5.74) is 1.71. The number of carbonyl (C=O) groups excluding carboxylic acids is 1. The van der Waals surface area contributed by atoms with E-state index in [1.807, 2.05) is 34.5 Å². The number of nitrogens with zero attached hydrogens (tertiary/aromatic N) is 3. The third-order valence-electron chi connectivity index (χ3n) is 4.50. The van der Waals surface area contributed by atoms with Crippen molar-refractivity contribution < 1.29 is 4.79 Å². The molecule has 2 aromatic heterocycles. The van der Waals surface area contributed by atoms with Crippen molar-refractivity contribution in [1.82, 2.24) is 14.5 Å². The molecule has 3 heterocycles. The number of hydrogen-bond acceptors (Lipinski definition) is 4. The van der Waals surface area contributed by atoms with E-state index in [1.165, 1.54) is 22.2 Å². The molecule has 1 aliphatic heterocycles. The third-order valence-corrected chi connectivity index (χ3v) is 5.39. The SMILES string of the molecule is O=C(Cn1cnc2ccsc2c1=O)N1CCCC1c1ccccc1. The zero-order valence-corrected chi connectivity index (χ0v) is 13.9. The van der Waals surface area contributed by atoms with E-state index in [0.29, 0.717) is 10.2 Å². The van der Waals surface area contributed by atoms with E-state index < -0.39 is 0 Å². The lowest BCUT2D eigenvalue weighted by molar-refractivity contribution is -0.132. The van der Waals surface area contributed by atoms with Crippen LogP contribution in [0.1, 0.15) is 24.4 Å². The van der Waals surface area contributed by atoms with Gasteiger partial charge in [0.15, 0.2) is 0 Å². The highest BCUT2D eigenvalue weighted by atomic mass is 32.1. The summed E-state index contributed by atoms with van der Waals surface area (Å²) in [7, 11) is 0. The molecule has 0 aliphatic carbocycles. The van der Waals surface area contributed by atoms with Gasteiger partial charge in [0.25, 0.3) is 5.56 Å². The Kier molecular flexibility index (Phi) is 3.90. The zero-order valence-electron chi connectivity index (χ0n) is 13.1. The van der Waals surface area contributed by atoms with Crippen LogP contribution in [0, 0.1) is 0 Å². The second kappa shape index (κ2) is 6.20. The van der Waals surface area contributed by atoms with E-state index in [2.05, 4.69) is 17.1 Å². The number of likely N-dealkylation sites (tertiary alicyclic amines) is 1. The van der Waals surface area contributed by atoms with Crippen molar-refractivity contribution in [2.75, 3.05) is 6.54 Å². The van der Waals surface area contributed by atoms with E-state index in [0.717, 1.165) is 24.9 Å². The molecular weight excluding hydrogens is 322 g/mol. The van der Waals surface area contributed by atoms with Gasteiger partial charge in [-0.3, -0.25) is 14.2 Å². The van der Waals surface area contributed by atoms with Gasteiger partial charge in [0.1, 0.15) is 11.2 Å². The summed E-state index contributed by atoms with van der Waals surface area (Å²) in [6.45, 7) is 0.783. The van der Waals surface area contributed by atoms with Crippen LogP contribution in [-0.4, -0.2) is 26.9 Å². The first kappa shape index (κ1) is 15.1. The van der Waals surface area contributed by atoms with Crippen molar-refractivity contribution in [3.63, 3.8) is 0 Å². The van der Waals surface area contributed by atoms with Crippen LogP contribution < -0.4 is 5.56 Å². The van der Waals surface area contributed by atoms with Crippen LogP contribution in [0.15, 0.2) is 52.9 Å².